The summed E-state index contributed by atoms with van der Waals surface area (Å²) in [6.07, 6.45) is 1.99. The SMILES string of the molecule is O=C(NCCOc1ccccc1-c1ccccc1)C1CCCN1. The molecule has 2 N–H and O–H groups in total. The lowest BCUT2D eigenvalue weighted by Gasteiger charge is -2.14. The number of hydrogen-bond acceptors (Lipinski definition) is 3. The highest BCUT2D eigenvalue weighted by molar-refractivity contribution is 5.82. The van der Waals surface area contributed by atoms with E-state index in [1.165, 1.54) is 0 Å². The van der Waals surface area contributed by atoms with Crippen LogP contribution in [0.4, 0.5) is 0 Å². The topological polar surface area (TPSA) is 50.4 Å². The monoisotopic (exact) mass is 310 g/mol. The number of hydrogen-bond donors (Lipinski definition) is 2. The molecule has 3 rings (SSSR count). The predicted octanol–water partition coefficient (Wildman–Crippen LogP) is 2.60. The van der Waals surface area contributed by atoms with Gasteiger partial charge in [0.15, 0.2) is 0 Å². The van der Waals surface area contributed by atoms with Gasteiger partial charge in [-0.25, -0.2) is 0 Å². The lowest BCUT2D eigenvalue weighted by atomic mass is 10.1. The fourth-order valence-electron chi connectivity index (χ4n) is 2.82. The Morgan fingerprint density at radius 1 is 1.13 bits per heavy atom. The van der Waals surface area contributed by atoms with Gasteiger partial charge in [-0.1, -0.05) is 48.5 Å². The molecule has 1 atom stereocenters. The maximum Gasteiger partial charge on any atom is 0.237 e. The van der Waals surface area contributed by atoms with Crippen LogP contribution in [0.3, 0.4) is 0 Å². The molecule has 1 heterocycles. The second kappa shape index (κ2) is 7.79. The van der Waals surface area contributed by atoms with Gasteiger partial charge in [0.2, 0.25) is 5.91 Å². The Balaban J connectivity index is 1.53. The lowest BCUT2D eigenvalue weighted by molar-refractivity contribution is -0.122. The van der Waals surface area contributed by atoms with Gasteiger partial charge in [-0.15, -0.1) is 0 Å². The molecular formula is C19H22N2O2. The number of amides is 1. The Morgan fingerprint density at radius 2 is 1.91 bits per heavy atom. The number of ether oxygens (including phenoxy) is 1. The van der Waals surface area contributed by atoms with E-state index in [1.54, 1.807) is 0 Å². The van der Waals surface area contributed by atoms with Crippen LogP contribution in [-0.4, -0.2) is 31.6 Å². The maximum atomic E-state index is 11.9. The van der Waals surface area contributed by atoms with Gasteiger partial charge in [-0.05, 0) is 31.0 Å². The molecule has 0 aliphatic carbocycles. The van der Waals surface area contributed by atoms with Crippen LogP contribution >= 0.6 is 0 Å². The summed E-state index contributed by atoms with van der Waals surface area (Å²) in [6.45, 7) is 1.90. The van der Waals surface area contributed by atoms with Crippen molar-refractivity contribution in [1.82, 2.24) is 10.6 Å². The molecule has 120 valence electrons. The molecular weight excluding hydrogens is 288 g/mol. The molecule has 2 aromatic rings. The van der Waals surface area contributed by atoms with E-state index >= 15 is 0 Å². The molecule has 0 bridgehead atoms. The van der Waals surface area contributed by atoms with Crippen LogP contribution in [-0.2, 0) is 4.79 Å². The Labute approximate surface area is 136 Å². The summed E-state index contributed by atoms with van der Waals surface area (Å²) >= 11 is 0. The quantitative estimate of drug-likeness (QED) is 0.806. The molecule has 1 aliphatic rings. The molecule has 1 amide bonds. The average Bonchev–Trinajstić information content (AvgIpc) is 3.14. The zero-order valence-corrected chi connectivity index (χ0v) is 13.1. The van der Waals surface area contributed by atoms with Crippen LogP contribution in [0.15, 0.2) is 54.6 Å². The van der Waals surface area contributed by atoms with E-state index in [1.807, 2.05) is 42.5 Å². The third kappa shape index (κ3) is 4.11. The van der Waals surface area contributed by atoms with Crippen LogP contribution in [0.1, 0.15) is 12.8 Å². The van der Waals surface area contributed by atoms with Crippen molar-refractivity contribution >= 4 is 5.91 Å². The zero-order chi connectivity index (χ0) is 15.9. The summed E-state index contributed by atoms with van der Waals surface area (Å²) in [7, 11) is 0. The van der Waals surface area contributed by atoms with Crippen molar-refractivity contribution in [2.75, 3.05) is 19.7 Å². The highest BCUT2D eigenvalue weighted by Crippen LogP contribution is 2.29. The molecule has 0 spiro atoms. The highest BCUT2D eigenvalue weighted by Gasteiger charge is 2.21. The summed E-state index contributed by atoms with van der Waals surface area (Å²) < 4.78 is 5.87. The van der Waals surface area contributed by atoms with Crippen LogP contribution in [0.25, 0.3) is 11.1 Å². The first-order chi connectivity index (χ1) is 11.3. The van der Waals surface area contributed by atoms with Crippen molar-refractivity contribution < 1.29 is 9.53 Å². The molecule has 1 fully saturated rings. The smallest absolute Gasteiger partial charge is 0.237 e. The summed E-state index contributed by atoms with van der Waals surface area (Å²) in [5, 5.41) is 6.12. The Bertz CT molecular complexity index is 637. The normalized spacial score (nSPS) is 17.0. The van der Waals surface area contributed by atoms with Crippen molar-refractivity contribution in [2.24, 2.45) is 0 Å². The van der Waals surface area contributed by atoms with Crippen LogP contribution < -0.4 is 15.4 Å². The molecule has 1 saturated heterocycles. The van der Waals surface area contributed by atoms with Gasteiger partial charge in [-0.2, -0.15) is 0 Å². The van der Waals surface area contributed by atoms with E-state index in [-0.39, 0.29) is 11.9 Å². The minimum Gasteiger partial charge on any atom is -0.491 e. The number of carbonyl (C=O) groups is 1. The van der Waals surface area contributed by atoms with Gasteiger partial charge in [0, 0.05) is 5.56 Å². The fourth-order valence-corrected chi connectivity index (χ4v) is 2.82. The van der Waals surface area contributed by atoms with Crippen LogP contribution in [0.2, 0.25) is 0 Å². The van der Waals surface area contributed by atoms with Gasteiger partial charge < -0.3 is 15.4 Å². The number of nitrogens with one attached hydrogen (secondary N) is 2. The summed E-state index contributed by atoms with van der Waals surface area (Å²) in [4.78, 5) is 11.9. The average molecular weight is 310 g/mol. The highest BCUT2D eigenvalue weighted by atomic mass is 16.5. The molecule has 0 radical (unpaired) electrons. The molecule has 1 unspecified atom stereocenters. The number of rotatable bonds is 6. The molecule has 23 heavy (non-hydrogen) atoms. The first-order valence-corrected chi connectivity index (χ1v) is 8.13. The molecule has 0 aromatic heterocycles. The third-order valence-corrected chi connectivity index (χ3v) is 4.01. The Morgan fingerprint density at radius 3 is 2.70 bits per heavy atom. The van der Waals surface area contributed by atoms with Gasteiger partial charge in [0.1, 0.15) is 12.4 Å². The molecule has 4 heteroatoms. The predicted molar refractivity (Wildman–Crippen MR) is 91.4 cm³/mol. The van der Waals surface area contributed by atoms with Gasteiger partial charge in [-0.3, -0.25) is 4.79 Å². The van der Waals surface area contributed by atoms with Gasteiger partial charge >= 0.3 is 0 Å². The minimum atomic E-state index is -0.0356. The van der Waals surface area contributed by atoms with Crippen LogP contribution in [0.5, 0.6) is 5.75 Å². The fraction of sp³-hybridized carbons (Fsp3) is 0.316. The zero-order valence-electron chi connectivity index (χ0n) is 13.1. The van der Waals surface area contributed by atoms with Crippen molar-refractivity contribution in [2.45, 2.75) is 18.9 Å². The van der Waals surface area contributed by atoms with Gasteiger partial charge in [0.05, 0.1) is 12.6 Å². The molecule has 0 saturated carbocycles. The van der Waals surface area contributed by atoms with Crippen molar-refractivity contribution in [3.63, 3.8) is 0 Å². The minimum absolute atomic E-state index is 0.0356. The maximum absolute atomic E-state index is 11.9. The largest absolute Gasteiger partial charge is 0.491 e. The van der Waals surface area contributed by atoms with E-state index in [0.717, 1.165) is 36.3 Å². The first-order valence-electron chi connectivity index (χ1n) is 8.13. The Hall–Kier alpha value is -2.33. The number of carbonyl (C=O) groups excluding carboxylic acids is 1. The van der Waals surface area contributed by atoms with E-state index in [4.69, 9.17) is 4.74 Å². The van der Waals surface area contributed by atoms with E-state index in [9.17, 15) is 4.79 Å². The lowest BCUT2D eigenvalue weighted by Crippen LogP contribution is -2.41. The van der Waals surface area contributed by atoms with Crippen LogP contribution in [0, 0.1) is 0 Å². The van der Waals surface area contributed by atoms with Crippen molar-refractivity contribution in [3.8, 4) is 16.9 Å². The third-order valence-electron chi connectivity index (χ3n) is 4.01. The number of benzene rings is 2. The second-order valence-electron chi connectivity index (χ2n) is 5.65. The van der Waals surface area contributed by atoms with E-state index < -0.39 is 0 Å². The second-order valence-corrected chi connectivity index (χ2v) is 5.65. The van der Waals surface area contributed by atoms with Gasteiger partial charge in [0.25, 0.3) is 0 Å². The van der Waals surface area contributed by atoms with Crippen molar-refractivity contribution in [1.29, 1.82) is 0 Å². The number of para-hydroxylation sites is 1. The Kier molecular flexibility index (Phi) is 5.27. The molecule has 2 aromatic carbocycles. The van der Waals surface area contributed by atoms with E-state index in [2.05, 4.69) is 22.8 Å². The summed E-state index contributed by atoms with van der Waals surface area (Å²) in [5.41, 5.74) is 2.19. The van der Waals surface area contributed by atoms with E-state index in [0.29, 0.717) is 13.2 Å². The molecule has 1 aliphatic heterocycles. The molecule has 4 nitrogen and oxygen atoms in total. The summed E-state index contributed by atoms with van der Waals surface area (Å²) in [6, 6.07) is 18.1. The first kappa shape index (κ1) is 15.6. The summed E-state index contributed by atoms with van der Waals surface area (Å²) in [5.74, 6) is 0.911. The standard InChI is InChI=1S/C19H22N2O2/c22-19(17-10-6-12-20-17)21-13-14-23-18-11-5-4-9-16(18)15-7-2-1-3-8-15/h1-5,7-9,11,17,20H,6,10,12-14H2,(H,21,22). The van der Waals surface area contributed by atoms with Crippen molar-refractivity contribution in [3.05, 3.63) is 54.6 Å².